The summed E-state index contributed by atoms with van der Waals surface area (Å²) >= 11 is 1.49. The van der Waals surface area contributed by atoms with Gasteiger partial charge in [0.2, 0.25) is 0 Å². The van der Waals surface area contributed by atoms with E-state index < -0.39 is 0 Å². The second kappa shape index (κ2) is 12.3. The third-order valence-electron chi connectivity index (χ3n) is 7.42. The van der Waals surface area contributed by atoms with Crippen molar-refractivity contribution in [3.8, 4) is 11.5 Å². The fraction of sp³-hybridized carbons (Fsp3) is 0.536. The number of aryl methyl sites for hydroxylation is 1. The lowest BCUT2D eigenvalue weighted by molar-refractivity contribution is 0.0797. The number of rotatable bonds is 10. The highest BCUT2D eigenvalue weighted by molar-refractivity contribution is 7.20. The smallest absolute Gasteiger partial charge is 0.264 e. The number of hydrogen-bond acceptors (Lipinski definition) is 9. The van der Waals surface area contributed by atoms with Crippen LogP contribution in [0.25, 0.3) is 10.2 Å². The number of carbonyl (C=O) groups is 1. The summed E-state index contributed by atoms with van der Waals surface area (Å²) in [5.74, 6) is 2.46. The number of carbonyl (C=O) groups excluding carboxylic acids is 1. The van der Waals surface area contributed by atoms with Gasteiger partial charge in [0.05, 0.1) is 24.0 Å². The number of aromatic nitrogens is 2. The standard InChI is InChI=1S/C28H37N5O4S/c1-19-24-26(29-18-30-27(24)38-25(19)28(34)33-10-4-5-11-33)31-21-8-12-32(13-9-21)17-20-6-7-22(23(16-20)36-3)37-15-14-35-2/h6-7,16,18,21H,4-5,8-15,17H2,1-3H3,(H,29,30,31). The molecule has 2 aliphatic heterocycles. The van der Waals surface area contributed by atoms with Crippen molar-refractivity contribution in [1.82, 2.24) is 19.8 Å². The normalized spacial score (nSPS) is 16.8. The van der Waals surface area contributed by atoms with Gasteiger partial charge in [-0.2, -0.15) is 0 Å². The lowest BCUT2D eigenvalue weighted by atomic mass is 10.0. The van der Waals surface area contributed by atoms with Gasteiger partial charge in [-0.1, -0.05) is 6.07 Å². The minimum absolute atomic E-state index is 0.133. The number of ether oxygens (including phenoxy) is 3. The van der Waals surface area contributed by atoms with Crippen molar-refractivity contribution in [1.29, 1.82) is 0 Å². The summed E-state index contributed by atoms with van der Waals surface area (Å²) < 4.78 is 16.4. The Kier molecular flexibility index (Phi) is 8.61. The molecule has 2 fully saturated rings. The Morgan fingerprint density at radius 1 is 1.08 bits per heavy atom. The predicted molar refractivity (Wildman–Crippen MR) is 150 cm³/mol. The summed E-state index contributed by atoms with van der Waals surface area (Å²) in [7, 11) is 3.33. The van der Waals surface area contributed by atoms with E-state index in [1.807, 2.05) is 17.9 Å². The van der Waals surface area contributed by atoms with Crippen molar-refractivity contribution in [2.45, 2.75) is 45.2 Å². The highest BCUT2D eigenvalue weighted by Crippen LogP contribution is 2.35. The molecular weight excluding hydrogens is 502 g/mol. The molecule has 204 valence electrons. The first kappa shape index (κ1) is 26.6. The Bertz CT molecular complexity index is 1250. The van der Waals surface area contributed by atoms with Crippen LogP contribution in [0.5, 0.6) is 11.5 Å². The second-order valence-corrected chi connectivity index (χ2v) is 11.0. The summed E-state index contributed by atoms with van der Waals surface area (Å²) in [5.41, 5.74) is 2.19. The number of thiophene rings is 1. The van der Waals surface area contributed by atoms with Crippen LogP contribution < -0.4 is 14.8 Å². The quantitative estimate of drug-likeness (QED) is 0.381. The maximum Gasteiger partial charge on any atom is 0.264 e. The van der Waals surface area contributed by atoms with E-state index in [4.69, 9.17) is 14.2 Å². The molecule has 2 aliphatic rings. The SMILES string of the molecule is COCCOc1ccc(CN2CCC(Nc3ncnc4sc(C(=O)N5CCCC5)c(C)c34)CC2)cc1OC. The lowest BCUT2D eigenvalue weighted by Gasteiger charge is -2.32. The molecule has 2 saturated heterocycles. The average molecular weight is 540 g/mol. The summed E-state index contributed by atoms with van der Waals surface area (Å²) in [4.78, 5) is 28.3. The first-order chi connectivity index (χ1) is 18.6. The molecule has 0 unspecified atom stereocenters. The second-order valence-electron chi connectivity index (χ2n) is 9.98. The zero-order valence-corrected chi connectivity index (χ0v) is 23.3. The fourth-order valence-corrected chi connectivity index (χ4v) is 6.42. The van der Waals surface area contributed by atoms with Crippen molar-refractivity contribution in [3.05, 3.63) is 40.5 Å². The highest BCUT2D eigenvalue weighted by Gasteiger charge is 2.27. The van der Waals surface area contributed by atoms with Crippen LogP contribution in [0.1, 0.15) is 46.5 Å². The number of anilines is 1. The van der Waals surface area contributed by atoms with E-state index >= 15 is 0 Å². The fourth-order valence-electron chi connectivity index (χ4n) is 5.30. The van der Waals surface area contributed by atoms with Crippen molar-refractivity contribution >= 4 is 33.3 Å². The van der Waals surface area contributed by atoms with Gasteiger partial charge in [-0.15, -0.1) is 11.3 Å². The van der Waals surface area contributed by atoms with E-state index in [2.05, 4.69) is 32.3 Å². The summed E-state index contributed by atoms with van der Waals surface area (Å²) in [6.07, 6.45) is 5.81. The van der Waals surface area contributed by atoms with Gasteiger partial charge < -0.3 is 24.4 Å². The molecule has 1 amide bonds. The minimum Gasteiger partial charge on any atom is -0.493 e. The number of benzene rings is 1. The van der Waals surface area contributed by atoms with Gasteiger partial charge in [-0.25, -0.2) is 9.97 Å². The molecule has 4 heterocycles. The molecular formula is C28H37N5O4S. The maximum absolute atomic E-state index is 13.1. The third kappa shape index (κ3) is 5.87. The van der Waals surface area contributed by atoms with Crippen molar-refractivity contribution in [2.75, 3.05) is 58.9 Å². The Morgan fingerprint density at radius 3 is 2.61 bits per heavy atom. The number of fused-ring (bicyclic) bond motifs is 1. The third-order valence-corrected chi connectivity index (χ3v) is 8.61. The van der Waals surface area contributed by atoms with Gasteiger partial charge >= 0.3 is 0 Å². The summed E-state index contributed by atoms with van der Waals surface area (Å²) in [5, 5.41) is 4.67. The van der Waals surface area contributed by atoms with Crippen LogP contribution in [0, 0.1) is 6.92 Å². The van der Waals surface area contributed by atoms with E-state index in [9.17, 15) is 4.79 Å². The molecule has 10 heteroatoms. The van der Waals surface area contributed by atoms with E-state index in [-0.39, 0.29) is 5.91 Å². The summed E-state index contributed by atoms with van der Waals surface area (Å²) in [6.45, 7) is 7.60. The molecule has 1 N–H and O–H groups in total. The van der Waals surface area contributed by atoms with Gasteiger partial charge in [0.15, 0.2) is 11.5 Å². The molecule has 0 bridgehead atoms. The van der Waals surface area contributed by atoms with E-state index in [0.29, 0.717) is 19.3 Å². The van der Waals surface area contributed by atoms with Crippen LogP contribution in [-0.4, -0.2) is 85.3 Å². The van der Waals surface area contributed by atoms with Crippen molar-refractivity contribution in [3.63, 3.8) is 0 Å². The number of nitrogens with one attached hydrogen (secondary N) is 1. The van der Waals surface area contributed by atoms with Crippen molar-refractivity contribution in [2.24, 2.45) is 0 Å². The Balaban J connectivity index is 1.20. The van der Waals surface area contributed by atoms with Crippen LogP contribution in [0.3, 0.4) is 0 Å². The highest BCUT2D eigenvalue weighted by atomic mass is 32.1. The van der Waals surface area contributed by atoms with Gasteiger partial charge in [0.25, 0.3) is 5.91 Å². The van der Waals surface area contributed by atoms with Gasteiger partial charge in [0, 0.05) is 45.9 Å². The molecule has 0 aliphatic carbocycles. The Morgan fingerprint density at radius 2 is 1.87 bits per heavy atom. The molecule has 0 radical (unpaired) electrons. The van der Waals surface area contributed by atoms with E-state index in [1.165, 1.54) is 16.9 Å². The number of hydrogen-bond donors (Lipinski definition) is 1. The van der Waals surface area contributed by atoms with Gasteiger partial charge in [-0.05, 0) is 55.9 Å². The van der Waals surface area contributed by atoms with Crippen LogP contribution in [0.2, 0.25) is 0 Å². The minimum atomic E-state index is 0.133. The van der Waals surface area contributed by atoms with Crippen LogP contribution in [-0.2, 0) is 11.3 Å². The number of nitrogens with zero attached hydrogens (tertiary/aromatic N) is 4. The molecule has 3 aromatic rings. The molecule has 9 nitrogen and oxygen atoms in total. The predicted octanol–water partition coefficient (Wildman–Crippen LogP) is 4.35. The first-order valence-corrected chi connectivity index (χ1v) is 14.2. The molecule has 1 aromatic carbocycles. The maximum atomic E-state index is 13.1. The zero-order chi connectivity index (χ0) is 26.5. The number of likely N-dealkylation sites (tertiary alicyclic amines) is 2. The van der Waals surface area contributed by atoms with Crippen LogP contribution in [0.4, 0.5) is 5.82 Å². The molecule has 0 spiro atoms. The topological polar surface area (TPSA) is 89.1 Å². The van der Waals surface area contributed by atoms with Crippen LogP contribution in [0.15, 0.2) is 24.5 Å². The lowest BCUT2D eigenvalue weighted by Crippen LogP contribution is -2.38. The van der Waals surface area contributed by atoms with Crippen LogP contribution >= 0.6 is 11.3 Å². The van der Waals surface area contributed by atoms with Gasteiger partial charge in [-0.3, -0.25) is 9.69 Å². The van der Waals surface area contributed by atoms with Gasteiger partial charge in [0.1, 0.15) is 23.6 Å². The molecule has 0 atom stereocenters. The Hall–Kier alpha value is -2.95. The average Bonchev–Trinajstić information content (AvgIpc) is 3.59. The number of methoxy groups -OCH3 is 2. The molecule has 5 rings (SSSR count). The number of piperidine rings is 1. The first-order valence-electron chi connectivity index (χ1n) is 13.4. The summed E-state index contributed by atoms with van der Waals surface area (Å²) in [6, 6.07) is 6.47. The Labute approximate surface area is 228 Å². The molecule has 0 saturated carbocycles. The van der Waals surface area contributed by atoms with E-state index in [1.54, 1.807) is 20.5 Å². The monoisotopic (exact) mass is 539 g/mol. The van der Waals surface area contributed by atoms with Crippen molar-refractivity contribution < 1.29 is 19.0 Å². The molecule has 38 heavy (non-hydrogen) atoms. The molecule has 2 aromatic heterocycles. The largest absolute Gasteiger partial charge is 0.493 e. The number of amides is 1. The zero-order valence-electron chi connectivity index (χ0n) is 22.5. The van der Waals surface area contributed by atoms with E-state index in [0.717, 1.165) is 96.4 Å².